The number of carboxylic acid groups (broad SMARTS) is 2. The number of rotatable bonds is 7. The minimum atomic E-state index is -4.64. The number of halogens is 6. The molecular weight excluding hydrogens is 520 g/mol. The van der Waals surface area contributed by atoms with E-state index in [1.54, 1.807) is 0 Å². The fraction of sp³-hybridized carbons (Fsp3) is 0.450. The predicted octanol–water partition coefficient (Wildman–Crippen LogP) is 0.923. The van der Waals surface area contributed by atoms with Gasteiger partial charge in [0.05, 0.1) is 13.0 Å². The molecule has 0 saturated heterocycles. The second-order valence-corrected chi connectivity index (χ2v) is 7.88. The number of aliphatic carboxylic acids is 2. The van der Waals surface area contributed by atoms with Gasteiger partial charge in [0.2, 0.25) is 11.7 Å². The Morgan fingerprint density at radius 1 is 1.00 bits per heavy atom. The van der Waals surface area contributed by atoms with E-state index >= 15 is 0 Å². The summed E-state index contributed by atoms with van der Waals surface area (Å²) in [5.41, 5.74) is 5.64. The first kappa shape index (κ1) is 29.5. The van der Waals surface area contributed by atoms with E-state index in [9.17, 15) is 40.7 Å². The van der Waals surface area contributed by atoms with Crippen LogP contribution in [-0.2, 0) is 40.1 Å². The zero-order valence-corrected chi connectivity index (χ0v) is 18.8. The summed E-state index contributed by atoms with van der Waals surface area (Å²) in [6.45, 7) is -0.302. The fourth-order valence-corrected chi connectivity index (χ4v) is 3.26. The van der Waals surface area contributed by atoms with Crippen LogP contribution in [0.15, 0.2) is 12.1 Å². The molecule has 37 heavy (non-hydrogen) atoms. The van der Waals surface area contributed by atoms with Crippen LogP contribution in [0.4, 0.5) is 26.3 Å². The van der Waals surface area contributed by atoms with E-state index in [1.807, 2.05) is 0 Å². The highest BCUT2D eigenvalue weighted by atomic mass is 19.4. The van der Waals surface area contributed by atoms with Crippen LogP contribution in [0.5, 0.6) is 0 Å². The Bertz CT molecular complexity index is 1160. The van der Waals surface area contributed by atoms with Crippen LogP contribution < -0.4 is 5.73 Å². The minimum Gasteiger partial charge on any atom is -0.481 e. The first-order valence-electron chi connectivity index (χ1n) is 10.4. The highest BCUT2D eigenvalue weighted by Crippen LogP contribution is 2.29. The topological polar surface area (TPSA) is 172 Å². The van der Waals surface area contributed by atoms with Crippen LogP contribution in [0.25, 0.3) is 0 Å². The molecular formula is C20H21F6N5O6. The Balaban J connectivity index is 0.000000458. The van der Waals surface area contributed by atoms with Gasteiger partial charge in [-0.3, -0.25) is 9.59 Å². The smallest absolute Gasteiger partial charge is 0.451 e. The summed E-state index contributed by atoms with van der Waals surface area (Å²) >= 11 is 0. The average Bonchev–Trinajstić information content (AvgIpc) is 3.21. The molecule has 1 aliphatic heterocycles. The van der Waals surface area contributed by atoms with Gasteiger partial charge in [0.1, 0.15) is 5.82 Å². The zero-order valence-electron chi connectivity index (χ0n) is 18.8. The number of fused-ring (bicyclic) bond motifs is 1. The molecule has 1 aromatic heterocycles. The third-order valence-corrected chi connectivity index (χ3v) is 5.02. The lowest BCUT2D eigenvalue weighted by molar-refractivity contribution is -0.152. The van der Waals surface area contributed by atoms with Gasteiger partial charge in [0, 0.05) is 31.6 Å². The van der Waals surface area contributed by atoms with Gasteiger partial charge in [-0.25, -0.2) is 18.0 Å². The van der Waals surface area contributed by atoms with E-state index in [1.165, 1.54) is 4.90 Å². The number of aliphatic hydroxyl groups excluding tert-OH is 1. The van der Waals surface area contributed by atoms with E-state index in [0.29, 0.717) is 12.1 Å². The normalized spacial score (nSPS) is 14.8. The monoisotopic (exact) mass is 541 g/mol. The number of aromatic nitrogens is 3. The second-order valence-electron chi connectivity index (χ2n) is 7.88. The number of alkyl halides is 3. The molecule has 0 fully saturated rings. The lowest BCUT2D eigenvalue weighted by Gasteiger charge is -2.29. The molecule has 1 amide bonds. The average molecular weight is 541 g/mol. The first-order valence-corrected chi connectivity index (χ1v) is 10.4. The number of hydrogen-bond acceptors (Lipinski definition) is 7. The zero-order chi connectivity index (χ0) is 28.1. The van der Waals surface area contributed by atoms with Crippen LogP contribution in [0, 0.1) is 17.5 Å². The molecule has 0 spiro atoms. The molecule has 11 nitrogen and oxygen atoms in total. The van der Waals surface area contributed by atoms with Crippen molar-refractivity contribution in [2.45, 2.75) is 50.7 Å². The van der Waals surface area contributed by atoms with Crippen molar-refractivity contribution in [3.8, 4) is 0 Å². The third-order valence-electron chi connectivity index (χ3n) is 5.02. The molecule has 0 aliphatic carbocycles. The van der Waals surface area contributed by atoms with Gasteiger partial charge < -0.3 is 30.5 Å². The van der Waals surface area contributed by atoms with Gasteiger partial charge in [0.25, 0.3) is 0 Å². The summed E-state index contributed by atoms with van der Waals surface area (Å²) in [6, 6.07) is 0.184. The number of amides is 1. The summed E-state index contributed by atoms with van der Waals surface area (Å²) in [6.07, 6.45) is -7.65. The number of hydrogen-bond donors (Lipinski definition) is 4. The van der Waals surface area contributed by atoms with Gasteiger partial charge in [-0.15, -0.1) is 10.2 Å². The molecule has 2 heterocycles. The lowest BCUT2D eigenvalue weighted by atomic mass is 10.0. The largest absolute Gasteiger partial charge is 0.481 e. The molecule has 1 aliphatic rings. The van der Waals surface area contributed by atoms with Crippen molar-refractivity contribution in [2.24, 2.45) is 5.73 Å². The van der Waals surface area contributed by atoms with Gasteiger partial charge in [-0.2, -0.15) is 13.2 Å². The molecule has 0 bridgehead atoms. The molecule has 5 N–H and O–H groups in total. The van der Waals surface area contributed by atoms with Crippen LogP contribution in [0.2, 0.25) is 0 Å². The Morgan fingerprint density at radius 2 is 1.62 bits per heavy atom. The molecule has 2 atom stereocenters. The quantitative estimate of drug-likeness (QED) is 0.294. The van der Waals surface area contributed by atoms with E-state index in [0.717, 1.165) is 4.57 Å². The van der Waals surface area contributed by atoms with Crippen LogP contribution >= 0.6 is 0 Å². The Hall–Kier alpha value is -3.73. The van der Waals surface area contributed by atoms with Crippen molar-refractivity contribution in [2.75, 3.05) is 6.54 Å². The second kappa shape index (κ2) is 12.0. The standard InChI is InChI=1S/C16H15F6N5O.C4H6O5/c17-10-6-12(19)11(18)4-8(10)3-9(23)5-14(28)26-1-2-27-13(7-26)24-25-15(27)16(20,21)22;5-2(4(8)9)1-3(6)7/h4,6,9H,1-3,5,7,23H2;2,5H,1H2,(H,6,7)(H,8,9)/t9-;2-/m10/s1. The fourth-order valence-electron chi connectivity index (χ4n) is 3.26. The molecule has 1 aromatic carbocycles. The summed E-state index contributed by atoms with van der Waals surface area (Å²) in [5, 5.41) is 30.7. The van der Waals surface area contributed by atoms with Crippen molar-refractivity contribution in [1.82, 2.24) is 19.7 Å². The summed E-state index contributed by atoms with van der Waals surface area (Å²) in [5.74, 6) is -7.99. The molecule has 204 valence electrons. The lowest BCUT2D eigenvalue weighted by Crippen LogP contribution is -2.42. The molecule has 17 heteroatoms. The number of nitrogens with zero attached hydrogens (tertiary/aromatic N) is 4. The molecule has 3 rings (SSSR count). The van der Waals surface area contributed by atoms with Crippen LogP contribution in [0.1, 0.15) is 30.1 Å². The number of carboxylic acids is 2. The van der Waals surface area contributed by atoms with Crippen molar-refractivity contribution in [1.29, 1.82) is 0 Å². The summed E-state index contributed by atoms with van der Waals surface area (Å²) < 4.78 is 79.3. The van der Waals surface area contributed by atoms with Gasteiger partial charge in [0.15, 0.2) is 23.6 Å². The SMILES string of the molecule is N[C@@H](CC(=O)N1CCn2c(nnc2C(F)(F)F)C1)Cc1cc(F)c(F)cc1F.O=C(O)C[C@H](O)C(=O)O. The molecule has 0 saturated carbocycles. The first-order chi connectivity index (χ1) is 17.1. The highest BCUT2D eigenvalue weighted by Gasteiger charge is 2.40. The summed E-state index contributed by atoms with van der Waals surface area (Å²) in [4.78, 5) is 33.0. The number of aliphatic hydroxyl groups is 1. The van der Waals surface area contributed by atoms with Crippen molar-refractivity contribution >= 4 is 17.8 Å². The maximum Gasteiger partial charge on any atom is 0.451 e. The minimum absolute atomic E-state index is 0.000783. The van der Waals surface area contributed by atoms with Crippen molar-refractivity contribution in [3.05, 3.63) is 46.8 Å². The maximum atomic E-state index is 13.7. The Morgan fingerprint density at radius 3 is 2.16 bits per heavy atom. The van der Waals surface area contributed by atoms with E-state index in [4.69, 9.17) is 21.1 Å². The molecule has 0 unspecified atom stereocenters. The van der Waals surface area contributed by atoms with E-state index < -0.39 is 65.9 Å². The molecule has 0 radical (unpaired) electrons. The Labute approximate surface area is 204 Å². The van der Waals surface area contributed by atoms with E-state index in [2.05, 4.69) is 10.2 Å². The van der Waals surface area contributed by atoms with Gasteiger partial charge in [-0.1, -0.05) is 0 Å². The third kappa shape index (κ3) is 8.14. The van der Waals surface area contributed by atoms with E-state index in [-0.39, 0.29) is 43.9 Å². The number of nitrogens with two attached hydrogens (primary N) is 1. The highest BCUT2D eigenvalue weighted by molar-refractivity contribution is 5.79. The predicted molar refractivity (Wildman–Crippen MR) is 109 cm³/mol. The van der Waals surface area contributed by atoms with Gasteiger partial charge in [-0.05, 0) is 18.1 Å². The van der Waals surface area contributed by atoms with Crippen LogP contribution in [0.3, 0.4) is 0 Å². The number of carbonyl (C=O) groups excluding carboxylic acids is 1. The number of carbonyl (C=O) groups is 3. The van der Waals surface area contributed by atoms with Gasteiger partial charge >= 0.3 is 18.1 Å². The molecule has 2 aromatic rings. The van der Waals surface area contributed by atoms with Crippen molar-refractivity contribution < 1.29 is 56.0 Å². The number of benzene rings is 1. The maximum absolute atomic E-state index is 13.7. The van der Waals surface area contributed by atoms with Crippen molar-refractivity contribution in [3.63, 3.8) is 0 Å². The summed E-state index contributed by atoms with van der Waals surface area (Å²) in [7, 11) is 0. The Kier molecular flexibility index (Phi) is 9.57. The van der Waals surface area contributed by atoms with Crippen LogP contribution in [-0.4, -0.2) is 71.5 Å².